The second kappa shape index (κ2) is 13.1. The van der Waals surface area contributed by atoms with Crippen molar-refractivity contribution in [1.82, 2.24) is 10.2 Å². The summed E-state index contributed by atoms with van der Waals surface area (Å²) in [6, 6.07) is 8.60. The van der Waals surface area contributed by atoms with Crippen molar-refractivity contribution < 1.29 is 47.2 Å². The van der Waals surface area contributed by atoms with Crippen LogP contribution in [0.5, 0.6) is 11.5 Å². The number of carboxylic acid groups (broad SMARTS) is 1. The molecule has 2 aliphatic rings. The lowest BCUT2D eigenvalue weighted by molar-refractivity contribution is -0.394. The molecule has 43 heavy (non-hydrogen) atoms. The second-order valence-electron chi connectivity index (χ2n) is 10.1. The van der Waals surface area contributed by atoms with Crippen molar-refractivity contribution in [3.63, 3.8) is 0 Å². The first-order valence-corrected chi connectivity index (χ1v) is 12.9. The number of hydrogen-bond acceptors (Lipinski definition) is 9. The summed E-state index contributed by atoms with van der Waals surface area (Å²) < 4.78 is 42.7. The first-order chi connectivity index (χ1) is 20.1. The van der Waals surface area contributed by atoms with E-state index in [1.807, 2.05) is 12.1 Å². The van der Waals surface area contributed by atoms with Crippen molar-refractivity contribution in [2.45, 2.75) is 49.4 Å². The van der Waals surface area contributed by atoms with Crippen LogP contribution in [0.1, 0.15) is 31.2 Å². The fourth-order valence-corrected chi connectivity index (χ4v) is 5.63. The maximum atomic E-state index is 12.7. The molecule has 17 heteroatoms. The molecule has 3 N–H and O–H groups in total. The molecule has 234 valence electrons. The van der Waals surface area contributed by atoms with Gasteiger partial charge in [-0.3, -0.25) is 20.2 Å². The molecule has 2 amide bonds. The van der Waals surface area contributed by atoms with Crippen LogP contribution in [0.25, 0.3) is 0 Å². The number of carbonyl (C=O) groups excluding carboxylic acids is 1. The molecule has 1 saturated heterocycles. The number of likely N-dealkylation sites (tertiary alicyclic amines) is 1. The highest BCUT2D eigenvalue weighted by Crippen LogP contribution is 2.49. The van der Waals surface area contributed by atoms with Crippen LogP contribution in [0.4, 0.5) is 35.0 Å². The van der Waals surface area contributed by atoms with Crippen molar-refractivity contribution in [2.75, 3.05) is 33.1 Å². The highest BCUT2D eigenvalue weighted by atomic mass is 19.4. The number of non-ortho nitro benzene ring substituents is 2. The van der Waals surface area contributed by atoms with Gasteiger partial charge in [-0.25, -0.2) is 9.59 Å². The molecule has 4 rings (SSSR count). The predicted octanol–water partition coefficient (Wildman–Crippen LogP) is 4.47. The Morgan fingerprint density at radius 1 is 1.02 bits per heavy atom. The number of nitro groups is 2. The zero-order valence-electron chi connectivity index (χ0n) is 23.3. The molecule has 3 unspecified atom stereocenters. The summed E-state index contributed by atoms with van der Waals surface area (Å²) in [6.07, 6.45) is -1.79. The first-order valence-electron chi connectivity index (χ1n) is 12.9. The van der Waals surface area contributed by atoms with Crippen LogP contribution < -0.4 is 20.1 Å². The molecule has 0 radical (unpaired) electrons. The second-order valence-corrected chi connectivity index (χ2v) is 10.1. The number of nitrogens with one attached hydrogen (secondary N) is 2. The van der Waals surface area contributed by atoms with E-state index in [0.29, 0.717) is 17.9 Å². The SMILES string of the molecule is COc1ccc(C23CCC(NC(=O)Nc4cc([N+](=O)[O-])cc([N+](=O)[O-])c4)CC2N(C)CC3)cc1OC.O=C(O)C(F)(F)F. The number of ether oxygens (including phenoxy) is 2. The summed E-state index contributed by atoms with van der Waals surface area (Å²) >= 11 is 0. The van der Waals surface area contributed by atoms with E-state index in [1.54, 1.807) is 14.2 Å². The number of likely N-dealkylation sites (N-methyl/N-ethyl adjacent to an activating group) is 1. The van der Waals surface area contributed by atoms with Crippen LogP contribution >= 0.6 is 0 Å². The third-order valence-electron chi connectivity index (χ3n) is 7.65. The van der Waals surface area contributed by atoms with Gasteiger partial charge in [0.15, 0.2) is 11.5 Å². The van der Waals surface area contributed by atoms with Gasteiger partial charge in [0.25, 0.3) is 11.4 Å². The highest BCUT2D eigenvalue weighted by molar-refractivity contribution is 5.90. The first kappa shape index (κ1) is 32.8. The van der Waals surface area contributed by atoms with Crippen LogP contribution in [0.15, 0.2) is 36.4 Å². The van der Waals surface area contributed by atoms with Gasteiger partial charge in [-0.15, -0.1) is 0 Å². The Labute approximate surface area is 243 Å². The Bertz CT molecular complexity index is 1360. The zero-order chi connectivity index (χ0) is 32.1. The molecule has 0 aromatic heterocycles. The van der Waals surface area contributed by atoms with Gasteiger partial charge in [-0.05, 0) is 57.0 Å². The number of methoxy groups -OCH3 is 2. The smallest absolute Gasteiger partial charge is 0.490 e. The van der Waals surface area contributed by atoms with Crippen LogP contribution in [0.3, 0.4) is 0 Å². The number of carboxylic acids is 1. The normalized spacial score (nSPS) is 21.4. The number of aliphatic carboxylic acids is 1. The van der Waals surface area contributed by atoms with Crippen molar-refractivity contribution in [3.05, 3.63) is 62.2 Å². The molecular formula is C26H30F3N5O9. The largest absolute Gasteiger partial charge is 0.493 e. The van der Waals surface area contributed by atoms with Crippen molar-refractivity contribution in [2.24, 2.45) is 0 Å². The van der Waals surface area contributed by atoms with E-state index in [1.165, 1.54) is 5.56 Å². The molecule has 0 spiro atoms. The quantitative estimate of drug-likeness (QED) is 0.297. The standard InChI is InChI=1S/C24H29N5O7.C2HF3O2/c1-27-9-8-24(15-4-5-20(35-2)21(10-15)36-3)7-6-16(13-22(24)27)25-23(30)26-17-11-18(28(31)32)14-19(12-17)29(33)34;3-2(4,5)1(6)7/h4-5,10-12,14,16,22H,6-9,13H2,1-3H3,(H2,25,26,30);(H,6,7). The van der Waals surface area contributed by atoms with E-state index >= 15 is 0 Å². The average Bonchev–Trinajstić information content (AvgIpc) is 3.28. The number of hydrogen-bond donors (Lipinski definition) is 3. The number of rotatable bonds is 7. The Kier molecular flexibility index (Phi) is 10.0. The Balaban J connectivity index is 0.000000646. The summed E-state index contributed by atoms with van der Waals surface area (Å²) in [6.45, 7) is 0.926. The number of alkyl halides is 3. The van der Waals surface area contributed by atoms with Crippen molar-refractivity contribution in [1.29, 1.82) is 0 Å². The molecule has 0 bridgehead atoms. The molecule has 1 saturated carbocycles. The Hall–Kier alpha value is -4.67. The number of anilines is 1. The molecule has 2 aromatic rings. The number of amides is 2. The minimum atomic E-state index is -5.08. The fourth-order valence-electron chi connectivity index (χ4n) is 5.63. The zero-order valence-corrected chi connectivity index (χ0v) is 23.3. The highest BCUT2D eigenvalue weighted by Gasteiger charge is 2.50. The molecule has 1 heterocycles. The molecule has 2 aromatic carbocycles. The van der Waals surface area contributed by atoms with E-state index < -0.39 is 39.4 Å². The van der Waals surface area contributed by atoms with E-state index in [9.17, 15) is 38.2 Å². The van der Waals surface area contributed by atoms with Crippen LogP contribution in [0, 0.1) is 20.2 Å². The molecule has 1 aliphatic carbocycles. The number of nitro benzene ring substituents is 2. The Morgan fingerprint density at radius 2 is 1.60 bits per heavy atom. The minimum Gasteiger partial charge on any atom is -0.493 e. The van der Waals surface area contributed by atoms with E-state index in [0.717, 1.165) is 44.0 Å². The van der Waals surface area contributed by atoms with Crippen LogP contribution in [-0.4, -0.2) is 77.9 Å². The molecule has 1 aliphatic heterocycles. The maximum absolute atomic E-state index is 12.7. The molecule has 2 fully saturated rings. The summed E-state index contributed by atoms with van der Waals surface area (Å²) in [5, 5.41) is 34.8. The van der Waals surface area contributed by atoms with E-state index in [-0.39, 0.29) is 23.2 Å². The maximum Gasteiger partial charge on any atom is 0.490 e. The van der Waals surface area contributed by atoms with Gasteiger partial charge in [-0.2, -0.15) is 13.2 Å². The summed E-state index contributed by atoms with van der Waals surface area (Å²) in [5.41, 5.74) is 0.154. The monoisotopic (exact) mass is 613 g/mol. The fraction of sp³-hybridized carbons (Fsp3) is 0.462. The topological polar surface area (TPSA) is 186 Å². The number of halogens is 3. The number of carbonyl (C=O) groups is 2. The van der Waals surface area contributed by atoms with Gasteiger partial charge in [0, 0.05) is 29.6 Å². The summed E-state index contributed by atoms with van der Waals surface area (Å²) in [4.78, 5) is 44.7. The van der Waals surface area contributed by atoms with Crippen molar-refractivity contribution >= 4 is 29.1 Å². The van der Waals surface area contributed by atoms with Gasteiger partial charge in [0.1, 0.15) is 0 Å². The lowest BCUT2D eigenvalue weighted by Crippen LogP contribution is -2.52. The van der Waals surface area contributed by atoms with Gasteiger partial charge in [0.05, 0.1) is 35.8 Å². The lowest BCUT2D eigenvalue weighted by atomic mass is 9.65. The lowest BCUT2D eigenvalue weighted by Gasteiger charge is -2.45. The van der Waals surface area contributed by atoms with Crippen LogP contribution in [-0.2, 0) is 10.2 Å². The molecular weight excluding hydrogens is 583 g/mol. The van der Waals surface area contributed by atoms with Gasteiger partial charge < -0.3 is 30.1 Å². The van der Waals surface area contributed by atoms with Crippen molar-refractivity contribution in [3.8, 4) is 11.5 Å². The van der Waals surface area contributed by atoms with E-state index in [4.69, 9.17) is 19.4 Å². The molecule has 14 nitrogen and oxygen atoms in total. The summed E-state index contributed by atoms with van der Waals surface area (Å²) in [7, 11) is 5.31. The number of urea groups is 1. The van der Waals surface area contributed by atoms with Gasteiger partial charge in [-0.1, -0.05) is 6.07 Å². The van der Waals surface area contributed by atoms with Crippen LogP contribution in [0.2, 0.25) is 0 Å². The number of fused-ring (bicyclic) bond motifs is 1. The number of nitrogens with zero attached hydrogens (tertiary/aromatic N) is 3. The average molecular weight is 614 g/mol. The van der Waals surface area contributed by atoms with Gasteiger partial charge in [0.2, 0.25) is 0 Å². The summed E-state index contributed by atoms with van der Waals surface area (Å²) in [5.74, 6) is -1.40. The third-order valence-corrected chi connectivity index (χ3v) is 7.65. The molecule has 3 atom stereocenters. The minimum absolute atomic E-state index is 0.0122. The predicted molar refractivity (Wildman–Crippen MR) is 145 cm³/mol. The van der Waals surface area contributed by atoms with Gasteiger partial charge >= 0.3 is 18.2 Å². The van der Waals surface area contributed by atoms with E-state index in [2.05, 4.69) is 28.6 Å². The third kappa shape index (κ3) is 7.59. The Morgan fingerprint density at radius 3 is 2.12 bits per heavy atom. The number of benzene rings is 2.